The molecule has 132 valence electrons. The van der Waals surface area contributed by atoms with E-state index in [2.05, 4.69) is 10.3 Å². The normalized spacial score (nSPS) is 10.5. The van der Waals surface area contributed by atoms with E-state index in [1.807, 2.05) is 25.1 Å². The number of amides is 1. The van der Waals surface area contributed by atoms with Crippen molar-refractivity contribution in [3.63, 3.8) is 0 Å². The first kappa shape index (κ1) is 17.4. The Labute approximate surface area is 149 Å². The van der Waals surface area contributed by atoms with Gasteiger partial charge < -0.3 is 15.0 Å². The molecule has 0 aliphatic rings. The summed E-state index contributed by atoms with van der Waals surface area (Å²) in [5.41, 5.74) is 2.00. The molecule has 2 aromatic carbocycles. The Balaban J connectivity index is 1.69. The van der Waals surface area contributed by atoms with Gasteiger partial charge in [0.15, 0.2) is 6.61 Å². The number of pyridine rings is 1. The molecule has 3 rings (SSSR count). The molecule has 1 heterocycles. The molecule has 6 heteroatoms. The lowest BCUT2D eigenvalue weighted by Crippen LogP contribution is -2.22. The SMILES string of the molecule is CCc1cccc(NC(=O)COC(=O)c2cc(=O)[nH]c3ccccc23)c1. The fourth-order valence-electron chi connectivity index (χ4n) is 2.65. The third-order valence-electron chi connectivity index (χ3n) is 3.92. The van der Waals surface area contributed by atoms with Gasteiger partial charge in [0.2, 0.25) is 5.56 Å². The smallest absolute Gasteiger partial charge is 0.339 e. The van der Waals surface area contributed by atoms with E-state index < -0.39 is 24.0 Å². The largest absolute Gasteiger partial charge is 0.452 e. The minimum absolute atomic E-state index is 0.130. The Morgan fingerprint density at radius 2 is 1.88 bits per heavy atom. The third kappa shape index (κ3) is 3.97. The van der Waals surface area contributed by atoms with E-state index in [1.54, 1.807) is 30.3 Å². The zero-order chi connectivity index (χ0) is 18.5. The number of carbonyl (C=O) groups is 2. The van der Waals surface area contributed by atoms with Crippen LogP contribution in [0, 0.1) is 0 Å². The second kappa shape index (κ2) is 7.65. The van der Waals surface area contributed by atoms with Crippen LogP contribution in [0.15, 0.2) is 59.4 Å². The Kier molecular flexibility index (Phi) is 5.12. The summed E-state index contributed by atoms with van der Waals surface area (Å²) < 4.78 is 5.08. The average Bonchev–Trinajstić information content (AvgIpc) is 2.65. The summed E-state index contributed by atoms with van der Waals surface area (Å²) in [6, 6.07) is 15.5. The minimum atomic E-state index is -0.718. The van der Waals surface area contributed by atoms with Crippen molar-refractivity contribution in [3.8, 4) is 0 Å². The van der Waals surface area contributed by atoms with E-state index in [1.165, 1.54) is 6.07 Å². The molecule has 0 aliphatic carbocycles. The van der Waals surface area contributed by atoms with E-state index in [-0.39, 0.29) is 5.56 Å². The van der Waals surface area contributed by atoms with E-state index in [0.717, 1.165) is 12.0 Å². The van der Waals surface area contributed by atoms with Gasteiger partial charge >= 0.3 is 5.97 Å². The van der Waals surface area contributed by atoms with E-state index >= 15 is 0 Å². The number of fused-ring (bicyclic) bond motifs is 1. The lowest BCUT2D eigenvalue weighted by molar-refractivity contribution is -0.119. The molecule has 26 heavy (non-hydrogen) atoms. The summed E-state index contributed by atoms with van der Waals surface area (Å²) >= 11 is 0. The number of hydrogen-bond acceptors (Lipinski definition) is 4. The maximum absolute atomic E-state index is 12.3. The number of H-pyrrole nitrogens is 1. The minimum Gasteiger partial charge on any atom is -0.452 e. The number of aromatic amines is 1. The molecule has 0 unspecified atom stereocenters. The Hall–Kier alpha value is -3.41. The second-order valence-electron chi connectivity index (χ2n) is 5.77. The Morgan fingerprint density at radius 3 is 2.69 bits per heavy atom. The quantitative estimate of drug-likeness (QED) is 0.693. The molecule has 0 fully saturated rings. The number of aromatic nitrogens is 1. The molecule has 1 amide bonds. The van der Waals surface area contributed by atoms with Crippen LogP contribution in [0.2, 0.25) is 0 Å². The van der Waals surface area contributed by atoms with Crippen LogP contribution in [0.3, 0.4) is 0 Å². The van der Waals surface area contributed by atoms with Crippen molar-refractivity contribution in [1.29, 1.82) is 0 Å². The highest BCUT2D eigenvalue weighted by Gasteiger charge is 2.15. The third-order valence-corrected chi connectivity index (χ3v) is 3.92. The van der Waals surface area contributed by atoms with Crippen LogP contribution in [0.25, 0.3) is 10.9 Å². The molecule has 0 aliphatic heterocycles. The number of rotatable bonds is 5. The Morgan fingerprint density at radius 1 is 1.08 bits per heavy atom. The molecule has 6 nitrogen and oxygen atoms in total. The van der Waals surface area contributed by atoms with Gasteiger partial charge in [-0.1, -0.05) is 37.3 Å². The first-order valence-corrected chi connectivity index (χ1v) is 8.25. The summed E-state index contributed by atoms with van der Waals surface area (Å²) in [6.45, 7) is 1.59. The maximum atomic E-state index is 12.3. The lowest BCUT2D eigenvalue weighted by atomic mass is 10.1. The number of nitrogens with one attached hydrogen (secondary N) is 2. The van der Waals surface area contributed by atoms with Gasteiger partial charge in [-0.05, 0) is 30.2 Å². The van der Waals surface area contributed by atoms with Gasteiger partial charge in [0, 0.05) is 22.7 Å². The zero-order valence-electron chi connectivity index (χ0n) is 14.2. The molecule has 0 saturated heterocycles. The Bertz CT molecular complexity index is 1020. The summed E-state index contributed by atoms with van der Waals surface area (Å²) in [6.07, 6.45) is 0.855. The first-order chi connectivity index (χ1) is 12.6. The van der Waals surface area contributed by atoms with Crippen LogP contribution in [-0.2, 0) is 16.0 Å². The van der Waals surface area contributed by atoms with Gasteiger partial charge in [-0.25, -0.2) is 4.79 Å². The van der Waals surface area contributed by atoms with Crippen molar-refractivity contribution in [2.75, 3.05) is 11.9 Å². The molecule has 0 atom stereocenters. The van der Waals surface area contributed by atoms with Gasteiger partial charge in [-0.15, -0.1) is 0 Å². The topological polar surface area (TPSA) is 88.3 Å². The average molecular weight is 350 g/mol. The van der Waals surface area contributed by atoms with Crippen molar-refractivity contribution in [2.45, 2.75) is 13.3 Å². The van der Waals surface area contributed by atoms with Crippen molar-refractivity contribution in [3.05, 3.63) is 76.1 Å². The molecule has 1 aromatic heterocycles. The molecular weight excluding hydrogens is 332 g/mol. The summed E-state index contributed by atoms with van der Waals surface area (Å²) in [5, 5.41) is 3.25. The summed E-state index contributed by atoms with van der Waals surface area (Å²) in [7, 11) is 0. The van der Waals surface area contributed by atoms with Gasteiger partial charge in [0.05, 0.1) is 5.56 Å². The second-order valence-corrected chi connectivity index (χ2v) is 5.77. The fourth-order valence-corrected chi connectivity index (χ4v) is 2.65. The highest BCUT2D eigenvalue weighted by Crippen LogP contribution is 2.15. The first-order valence-electron chi connectivity index (χ1n) is 8.25. The highest BCUT2D eigenvalue weighted by molar-refractivity contribution is 6.04. The fraction of sp³-hybridized carbons (Fsp3) is 0.150. The number of carbonyl (C=O) groups excluding carboxylic acids is 2. The number of ether oxygens (including phenoxy) is 1. The van der Waals surface area contributed by atoms with Crippen molar-refractivity contribution < 1.29 is 14.3 Å². The number of aryl methyl sites for hydroxylation is 1. The van der Waals surface area contributed by atoms with Crippen LogP contribution >= 0.6 is 0 Å². The van der Waals surface area contributed by atoms with Gasteiger partial charge in [-0.2, -0.15) is 0 Å². The number of benzene rings is 2. The molecule has 0 bridgehead atoms. The summed E-state index contributed by atoms with van der Waals surface area (Å²) in [5.74, 6) is -1.16. The number of esters is 1. The van der Waals surface area contributed by atoms with E-state index in [4.69, 9.17) is 4.74 Å². The van der Waals surface area contributed by atoms with Crippen LogP contribution in [0.4, 0.5) is 5.69 Å². The zero-order valence-corrected chi connectivity index (χ0v) is 14.2. The molecule has 3 aromatic rings. The molecular formula is C20H18N2O4. The molecule has 0 spiro atoms. The van der Waals surface area contributed by atoms with Gasteiger partial charge in [0.25, 0.3) is 5.91 Å². The van der Waals surface area contributed by atoms with Gasteiger partial charge in [0.1, 0.15) is 0 Å². The molecule has 2 N–H and O–H groups in total. The number of anilines is 1. The van der Waals surface area contributed by atoms with Crippen LogP contribution in [0.1, 0.15) is 22.8 Å². The number of hydrogen-bond donors (Lipinski definition) is 2. The van der Waals surface area contributed by atoms with Crippen molar-refractivity contribution in [2.24, 2.45) is 0 Å². The van der Waals surface area contributed by atoms with Crippen LogP contribution in [0.5, 0.6) is 0 Å². The van der Waals surface area contributed by atoms with Crippen molar-refractivity contribution in [1.82, 2.24) is 4.98 Å². The molecule has 0 saturated carbocycles. The van der Waals surface area contributed by atoms with Gasteiger partial charge in [-0.3, -0.25) is 9.59 Å². The predicted octanol–water partition coefficient (Wildman–Crippen LogP) is 2.89. The van der Waals surface area contributed by atoms with E-state index in [9.17, 15) is 14.4 Å². The monoisotopic (exact) mass is 350 g/mol. The van der Waals surface area contributed by atoms with Crippen molar-refractivity contribution >= 4 is 28.5 Å². The summed E-state index contributed by atoms with van der Waals surface area (Å²) in [4.78, 5) is 38.7. The van der Waals surface area contributed by atoms with Crippen LogP contribution in [-0.4, -0.2) is 23.5 Å². The molecule has 0 radical (unpaired) electrons. The number of para-hydroxylation sites is 1. The van der Waals surface area contributed by atoms with E-state index in [0.29, 0.717) is 16.6 Å². The lowest BCUT2D eigenvalue weighted by Gasteiger charge is -2.09. The maximum Gasteiger partial charge on any atom is 0.339 e. The highest BCUT2D eigenvalue weighted by atomic mass is 16.5. The standard InChI is InChI=1S/C20H18N2O4/c1-2-13-6-5-7-14(10-13)21-19(24)12-26-20(25)16-11-18(23)22-17-9-4-3-8-15(16)17/h3-11H,2,12H2,1H3,(H,21,24)(H,22,23). The predicted molar refractivity (Wildman–Crippen MR) is 99.3 cm³/mol. The van der Waals surface area contributed by atoms with Crippen LogP contribution < -0.4 is 10.9 Å².